The first-order valence-corrected chi connectivity index (χ1v) is 8.85. The summed E-state index contributed by atoms with van der Waals surface area (Å²) in [5.74, 6) is 0.757. The van der Waals surface area contributed by atoms with Gasteiger partial charge in [-0.15, -0.1) is 11.3 Å². The first-order valence-electron chi connectivity index (χ1n) is 8.03. The predicted molar refractivity (Wildman–Crippen MR) is 96.9 cm³/mol. The Morgan fingerprint density at radius 3 is 2.35 bits per heavy atom. The molecule has 1 aromatic heterocycles. The minimum Gasteiger partial charge on any atom is -0.357 e. The number of guanidine groups is 1. The average molecular weight is 340 g/mol. The highest BCUT2D eigenvalue weighted by atomic mass is 32.1. The number of hydrogen-bond acceptors (Lipinski definition) is 4. The summed E-state index contributed by atoms with van der Waals surface area (Å²) in [7, 11) is 0. The summed E-state index contributed by atoms with van der Waals surface area (Å²) in [6, 6.07) is 0. The molecule has 0 saturated carbocycles. The van der Waals surface area contributed by atoms with Gasteiger partial charge in [-0.25, -0.2) is 9.98 Å². The quantitative estimate of drug-likeness (QED) is 0.524. The van der Waals surface area contributed by atoms with E-state index in [2.05, 4.69) is 25.9 Å². The van der Waals surface area contributed by atoms with E-state index in [1.54, 1.807) is 11.3 Å². The third-order valence-corrected chi connectivity index (χ3v) is 4.43. The van der Waals surface area contributed by atoms with Crippen LogP contribution in [-0.2, 0) is 11.3 Å². The molecule has 0 atom stereocenters. The third kappa shape index (κ3) is 6.17. The van der Waals surface area contributed by atoms with Crippen LogP contribution in [0.25, 0.3) is 0 Å². The van der Waals surface area contributed by atoms with Crippen molar-refractivity contribution >= 4 is 23.2 Å². The van der Waals surface area contributed by atoms with Gasteiger partial charge in [0.1, 0.15) is 0 Å². The van der Waals surface area contributed by atoms with E-state index in [0.29, 0.717) is 19.6 Å². The number of aliphatic imine (C=N–C) groups is 1. The molecule has 0 aromatic carbocycles. The van der Waals surface area contributed by atoms with Crippen LogP contribution in [0.4, 0.5) is 0 Å². The molecule has 0 saturated heterocycles. The second-order valence-corrected chi connectivity index (χ2v) is 7.32. The Morgan fingerprint density at radius 2 is 1.83 bits per heavy atom. The molecule has 6 nitrogen and oxygen atoms in total. The molecule has 7 heteroatoms. The SMILES string of the molecule is CCNC(=O)C(C)(C)CNC(=NCc1sc(C)nc1C)NCC. The number of hydrogen-bond donors (Lipinski definition) is 3. The number of aryl methyl sites for hydroxylation is 2. The molecular weight excluding hydrogens is 310 g/mol. The molecule has 0 fully saturated rings. The van der Waals surface area contributed by atoms with Crippen molar-refractivity contribution in [2.24, 2.45) is 10.4 Å². The Labute approximate surface area is 143 Å². The minimum absolute atomic E-state index is 0.0391. The molecule has 0 aliphatic heterocycles. The van der Waals surface area contributed by atoms with Crippen LogP contribution < -0.4 is 16.0 Å². The van der Waals surface area contributed by atoms with Crippen LogP contribution in [0.1, 0.15) is 43.3 Å². The zero-order chi connectivity index (χ0) is 17.5. The van der Waals surface area contributed by atoms with E-state index in [9.17, 15) is 4.79 Å². The second-order valence-electron chi connectivity index (χ2n) is 6.03. The van der Waals surface area contributed by atoms with Crippen LogP contribution in [-0.4, -0.2) is 36.5 Å². The Kier molecular flexibility index (Phi) is 7.48. The summed E-state index contributed by atoms with van der Waals surface area (Å²) in [5, 5.41) is 10.4. The predicted octanol–water partition coefficient (Wildman–Crippen LogP) is 1.98. The Bertz CT molecular complexity index is 551. The fourth-order valence-corrected chi connectivity index (χ4v) is 2.86. The standard InChI is InChI=1S/C16H29N5OS/c1-7-17-14(22)16(5,6)10-20-15(18-8-2)19-9-13-11(3)21-12(4)23-13/h7-10H2,1-6H3,(H,17,22)(H2,18,19,20). The van der Waals surface area contributed by atoms with Crippen LogP contribution in [0.2, 0.25) is 0 Å². The fourth-order valence-electron chi connectivity index (χ4n) is 2.00. The van der Waals surface area contributed by atoms with E-state index in [0.717, 1.165) is 23.2 Å². The summed E-state index contributed by atoms with van der Waals surface area (Å²) >= 11 is 1.67. The van der Waals surface area contributed by atoms with Crippen molar-refractivity contribution in [3.05, 3.63) is 15.6 Å². The first-order chi connectivity index (χ1) is 10.8. The molecule has 23 heavy (non-hydrogen) atoms. The number of aromatic nitrogens is 1. The zero-order valence-corrected chi connectivity index (χ0v) is 15.9. The highest BCUT2D eigenvalue weighted by Gasteiger charge is 2.27. The molecule has 0 aliphatic rings. The van der Waals surface area contributed by atoms with Crippen LogP contribution >= 0.6 is 11.3 Å². The Hall–Kier alpha value is -1.63. The van der Waals surface area contributed by atoms with Crippen molar-refractivity contribution in [1.82, 2.24) is 20.9 Å². The van der Waals surface area contributed by atoms with Gasteiger partial charge in [0.05, 0.1) is 22.7 Å². The normalized spacial score (nSPS) is 12.2. The first kappa shape index (κ1) is 19.4. The molecule has 0 unspecified atom stereocenters. The molecule has 1 aromatic rings. The second kappa shape index (κ2) is 8.86. The lowest BCUT2D eigenvalue weighted by atomic mass is 9.92. The monoisotopic (exact) mass is 339 g/mol. The van der Waals surface area contributed by atoms with Gasteiger partial charge < -0.3 is 16.0 Å². The highest BCUT2D eigenvalue weighted by molar-refractivity contribution is 7.11. The van der Waals surface area contributed by atoms with Crippen molar-refractivity contribution in [2.75, 3.05) is 19.6 Å². The van der Waals surface area contributed by atoms with Gasteiger partial charge in [-0.3, -0.25) is 4.79 Å². The van der Waals surface area contributed by atoms with E-state index in [1.807, 2.05) is 41.5 Å². The maximum absolute atomic E-state index is 12.0. The average Bonchev–Trinajstić information content (AvgIpc) is 2.80. The van der Waals surface area contributed by atoms with Gasteiger partial charge in [0, 0.05) is 24.5 Å². The lowest BCUT2D eigenvalue weighted by Crippen LogP contribution is -2.47. The topological polar surface area (TPSA) is 78.4 Å². The smallest absolute Gasteiger partial charge is 0.227 e. The molecule has 1 amide bonds. The molecule has 0 bridgehead atoms. The highest BCUT2D eigenvalue weighted by Crippen LogP contribution is 2.18. The largest absolute Gasteiger partial charge is 0.357 e. The van der Waals surface area contributed by atoms with Crippen molar-refractivity contribution in [1.29, 1.82) is 0 Å². The van der Waals surface area contributed by atoms with Crippen LogP contribution in [0.5, 0.6) is 0 Å². The van der Waals surface area contributed by atoms with Crippen molar-refractivity contribution in [3.8, 4) is 0 Å². The van der Waals surface area contributed by atoms with Crippen LogP contribution in [0.15, 0.2) is 4.99 Å². The van der Waals surface area contributed by atoms with Crippen LogP contribution in [0.3, 0.4) is 0 Å². The molecule has 0 radical (unpaired) electrons. The number of amides is 1. The molecular formula is C16H29N5OS. The van der Waals surface area contributed by atoms with Gasteiger partial charge in [0.15, 0.2) is 5.96 Å². The zero-order valence-electron chi connectivity index (χ0n) is 15.0. The van der Waals surface area contributed by atoms with Crippen molar-refractivity contribution in [2.45, 2.75) is 48.1 Å². The Morgan fingerprint density at radius 1 is 1.17 bits per heavy atom. The van der Waals surface area contributed by atoms with Crippen LogP contribution in [0, 0.1) is 19.3 Å². The summed E-state index contributed by atoms with van der Waals surface area (Å²) in [6.45, 7) is 14.3. The number of nitrogens with zero attached hydrogens (tertiary/aromatic N) is 2. The van der Waals surface area contributed by atoms with Gasteiger partial charge in [-0.05, 0) is 41.5 Å². The number of carbonyl (C=O) groups is 1. The number of nitrogens with one attached hydrogen (secondary N) is 3. The van der Waals surface area contributed by atoms with E-state index < -0.39 is 5.41 Å². The molecule has 0 spiro atoms. The lowest BCUT2D eigenvalue weighted by Gasteiger charge is -2.24. The van der Waals surface area contributed by atoms with Gasteiger partial charge >= 0.3 is 0 Å². The van der Waals surface area contributed by atoms with E-state index >= 15 is 0 Å². The summed E-state index contributed by atoms with van der Waals surface area (Å²) in [6.07, 6.45) is 0. The molecule has 0 aliphatic carbocycles. The summed E-state index contributed by atoms with van der Waals surface area (Å²) in [4.78, 5) is 22.2. The Balaban J connectivity index is 2.69. The van der Waals surface area contributed by atoms with E-state index in [-0.39, 0.29) is 5.91 Å². The molecule has 3 N–H and O–H groups in total. The van der Waals surface area contributed by atoms with Gasteiger partial charge in [-0.2, -0.15) is 0 Å². The lowest BCUT2D eigenvalue weighted by molar-refractivity contribution is -0.128. The minimum atomic E-state index is -0.497. The molecule has 130 valence electrons. The van der Waals surface area contributed by atoms with Crippen molar-refractivity contribution in [3.63, 3.8) is 0 Å². The summed E-state index contributed by atoms with van der Waals surface area (Å²) < 4.78 is 0. The van der Waals surface area contributed by atoms with Gasteiger partial charge in [0.25, 0.3) is 0 Å². The van der Waals surface area contributed by atoms with Gasteiger partial charge in [-0.1, -0.05) is 0 Å². The summed E-state index contributed by atoms with van der Waals surface area (Å²) in [5.41, 5.74) is 0.540. The number of thiazole rings is 1. The maximum atomic E-state index is 12.0. The number of rotatable bonds is 7. The number of carbonyl (C=O) groups excluding carboxylic acids is 1. The third-order valence-electron chi connectivity index (χ3n) is 3.37. The fraction of sp³-hybridized carbons (Fsp3) is 0.688. The maximum Gasteiger partial charge on any atom is 0.227 e. The van der Waals surface area contributed by atoms with Gasteiger partial charge in [0.2, 0.25) is 5.91 Å². The van der Waals surface area contributed by atoms with E-state index in [1.165, 1.54) is 4.88 Å². The van der Waals surface area contributed by atoms with E-state index in [4.69, 9.17) is 0 Å². The van der Waals surface area contributed by atoms with Crippen molar-refractivity contribution < 1.29 is 4.79 Å². The molecule has 1 heterocycles. The molecule has 1 rings (SSSR count).